The average Bonchev–Trinajstić information content (AvgIpc) is 2.31. The zero-order chi connectivity index (χ0) is 9.19. The summed E-state index contributed by atoms with van der Waals surface area (Å²) in [4.78, 5) is 0. The van der Waals surface area contributed by atoms with E-state index >= 15 is 0 Å². The summed E-state index contributed by atoms with van der Waals surface area (Å²) in [5.41, 5.74) is 7.67. The first-order chi connectivity index (χ1) is 5.53. The van der Waals surface area contributed by atoms with Gasteiger partial charge in [0, 0.05) is 12.0 Å². The summed E-state index contributed by atoms with van der Waals surface area (Å²) in [5.74, 6) is 0. The van der Waals surface area contributed by atoms with Crippen LogP contribution in [-0.2, 0) is 12.8 Å². The predicted octanol–water partition coefficient (Wildman–Crippen LogP) is 0.647. The summed E-state index contributed by atoms with van der Waals surface area (Å²) < 4.78 is 0. The second-order valence-electron chi connectivity index (χ2n) is 3.74. The molecule has 0 amide bonds. The normalized spacial score (nSPS) is 12.0. The van der Waals surface area contributed by atoms with Crippen LogP contribution in [0.5, 0.6) is 0 Å². The van der Waals surface area contributed by atoms with Gasteiger partial charge in [0.25, 0.3) is 0 Å². The lowest BCUT2D eigenvalue weighted by Gasteiger charge is -2.16. The highest BCUT2D eigenvalue weighted by atomic mass is 15.3. The molecular formula is C8H16N4. The fourth-order valence-electron chi connectivity index (χ4n) is 1.13. The van der Waals surface area contributed by atoms with E-state index in [1.807, 2.05) is 13.8 Å². The van der Waals surface area contributed by atoms with Crippen molar-refractivity contribution in [2.24, 2.45) is 5.73 Å². The minimum Gasteiger partial charge on any atom is -0.325 e. The van der Waals surface area contributed by atoms with Gasteiger partial charge in [0.2, 0.25) is 0 Å². The van der Waals surface area contributed by atoms with Crippen molar-refractivity contribution in [1.82, 2.24) is 15.4 Å². The van der Waals surface area contributed by atoms with Gasteiger partial charge in [-0.1, -0.05) is 6.92 Å². The highest BCUT2D eigenvalue weighted by Gasteiger charge is 2.16. The SMILES string of the molecule is CCc1n[nH]nc1CC(C)(C)N. The highest BCUT2D eigenvalue weighted by Crippen LogP contribution is 2.10. The molecule has 0 aliphatic rings. The first-order valence-electron chi connectivity index (χ1n) is 4.20. The van der Waals surface area contributed by atoms with Gasteiger partial charge in [-0.25, -0.2) is 0 Å². The van der Waals surface area contributed by atoms with E-state index in [0.29, 0.717) is 0 Å². The quantitative estimate of drug-likeness (QED) is 0.696. The van der Waals surface area contributed by atoms with E-state index in [2.05, 4.69) is 22.3 Å². The number of rotatable bonds is 3. The number of nitrogens with one attached hydrogen (secondary N) is 1. The molecule has 0 bridgehead atoms. The van der Waals surface area contributed by atoms with Crippen molar-refractivity contribution < 1.29 is 0 Å². The second kappa shape index (κ2) is 3.23. The summed E-state index contributed by atoms with van der Waals surface area (Å²) in [6.07, 6.45) is 1.68. The van der Waals surface area contributed by atoms with Gasteiger partial charge in [0.1, 0.15) is 0 Å². The molecular weight excluding hydrogens is 152 g/mol. The minimum absolute atomic E-state index is 0.208. The summed E-state index contributed by atoms with van der Waals surface area (Å²) >= 11 is 0. The molecule has 0 aliphatic carbocycles. The van der Waals surface area contributed by atoms with Crippen LogP contribution in [-0.4, -0.2) is 20.9 Å². The van der Waals surface area contributed by atoms with Crippen molar-refractivity contribution in [2.75, 3.05) is 0 Å². The van der Waals surface area contributed by atoms with Gasteiger partial charge in [-0.15, -0.1) is 0 Å². The third-order valence-electron chi connectivity index (χ3n) is 1.66. The van der Waals surface area contributed by atoms with Crippen molar-refractivity contribution in [1.29, 1.82) is 0 Å². The molecule has 0 unspecified atom stereocenters. The zero-order valence-corrected chi connectivity index (χ0v) is 7.89. The van der Waals surface area contributed by atoms with Crippen molar-refractivity contribution in [3.05, 3.63) is 11.4 Å². The average molecular weight is 168 g/mol. The number of aromatic amines is 1. The largest absolute Gasteiger partial charge is 0.325 e. The molecule has 1 aromatic heterocycles. The molecule has 0 saturated heterocycles. The van der Waals surface area contributed by atoms with E-state index < -0.39 is 0 Å². The maximum absolute atomic E-state index is 5.87. The Bertz CT molecular complexity index is 246. The van der Waals surface area contributed by atoms with Gasteiger partial charge in [-0.05, 0) is 20.3 Å². The Morgan fingerprint density at radius 3 is 2.42 bits per heavy atom. The monoisotopic (exact) mass is 168 g/mol. The molecule has 4 nitrogen and oxygen atoms in total. The topological polar surface area (TPSA) is 67.6 Å². The van der Waals surface area contributed by atoms with Crippen LogP contribution in [0.2, 0.25) is 0 Å². The molecule has 0 fully saturated rings. The summed E-state index contributed by atoms with van der Waals surface area (Å²) in [7, 11) is 0. The van der Waals surface area contributed by atoms with E-state index in [-0.39, 0.29) is 5.54 Å². The van der Waals surface area contributed by atoms with Crippen LogP contribution in [0, 0.1) is 0 Å². The first-order valence-corrected chi connectivity index (χ1v) is 4.20. The van der Waals surface area contributed by atoms with Crippen molar-refractivity contribution in [3.8, 4) is 0 Å². The molecule has 0 spiro atoms. The Labute approximate surface area is 72.5 Å². The third kappa shape index (κ3) is 2.30. The van der Waals surface area contributed by atoms with Gasteiger partial charge < -0.3 is 5.73 Å². The summed E-state index contributed by atoms with van der Waals surface area (Å²) in [5, 5.41) is 10.7. The van der Waals surface area contributed by atoms with Gasteiger partial charge in [-0.2, -0.15) is 15.4 Å². The smallest absolute Gasteiger partial charge is 0.0874 e. The Balaban J connectivity index is 2.75. The molecule has 0 aromatic carbocycles. The van der Waals surface area contributed by atoms with Gasteiger partial charge in [0.05, 0.1) is 11.4 Å². The number of nitrogens with two attached hydrogens (primary N) is 1. The molecule has 12 heavy (non-hydrogen) atoms. The zero-order valence-electron chi connectivity index (χ0n) is 7.89. The van der Waals surface area contributed by atoms with E-state index in [0.717, 1.165) is 24.2 Å². The van der Waals surface area contributed by atoms with E-state index in [4.69, 9.17) is 5.73 Å². The summed E-state index contributed by atoms with van der Waals surface area (Å²) in [6.45, 7) is 6.03. The first kappa shape index (κ1) is 9.19. The number of nitrogens with zero attached hydrogens (tertiary/aromatic N) is 2. The van der Waals surface area contributed by atoms with Crippen LogP contribution < -0.4 is 5.73 Å². The van der Waals surface area contributed by atoms with Crippen LogP contribution in [0.1, 0.15) is 32.2 Å². The molecule has 0 aliphatic heterocycles. The molecule has 68 valence electrons. The fraction of sp³-hybridized carbons (Fsp3) is 0.750. The second-order valence-corrected chi connectivity index (χ2v) is 3.74. The van der Waals surface area contributed by atoms with Crippen molar-refractivity contribution >= 4 is 0 Å². The standard InChI is InChI=1S/C8H16N4/c1-4-6-7(11-12-10-6)5-8(2,3)9/h4-5,9H2,1-3H3,(H,10,11,12). The Kier molecular flexibility index (Phi) is 2.47. The van der Waals surface area contributed by atoms with Crippen LogP contribution in [0.3, 0.4) is 0 Å². The van der Waals surface area contributed by atoms with E-state index in [1.54, 1.807) is 0 Å². The fourth-order valence-corrected chi connectivity index (χ4v) is 1.13. The molecule has 1 aromatic rings. The molecule has 0 radical (unpaired) electrons. The Hall–Kier alpha value is -0.900. The minimum atomic E-state index is -0.208. The maximum Gasteiger partial charge on any atom is 0.0874 e. The van der Waals surface area contributed by atoms with Gasteiger partial charge >= 0.3 is 0 Å². The van der Waals surface area contributed by atoms with Gasteiger partial charge in [-0.3, -0.25) is 0 Å². The number of hydrogen-bond acceptors (Lipinski definition) is 3. The molecule has 4 heteroatoms. The Morgan fingerprint density at radius 2 is 1.92 bits per heavy atom. The molecule has 3 N–H and O–H groups in total. The highest BCUT2D eigenvalue weighted by molar-refractivity contribution is 5.11. The van der Waals surface area contributed by atoms with Crippen LogP contribution >= 0.6 is 0 Å². The number of aryl methyl sites for hydroxylation is 1. The Morgan fingerprint density at radius 1 is 1.33 bits per heavy atom. The third-order valence-corrected chi connectivity index (χ3v) is 1.66. The predicted molar refractivity (Wildman–Crippen MR) is 47.7 cm³/mol. The van der Waals surface area contributed by atoms with Crippen molar-refractivity contribution in [3.63, 3.8) is 0 Å². The molecule has 0 atom stereocenters. The lowest BCUT2D eigenvalue weighted by molar-refractivity contribution is 0.507. The van der Waals surface area contributed by atoms with Crippen LogP contribution in [0.4, 0.5) is 0 Å². The lowest BCUT2D eigenvalue weighted by atomic mass is 9.99. The van der Waals surface area contributed by atoms with Crippen LogP contribution in [0.15, 0.2) is 0 Å². The van der Waals surface area contributed by atoms with E-state index in [1.165, 1.54) is 0 Å². The number of H-pyrrole nitrogens is 1. The molecule has 1 rings (SSSR count). The number of hydrogen-bond donors (Lipinski definition) is 2. The van der Waals surface area contributed by atoms with E-state index in [9.17, 15) is 0 Å². The van der Waals surface area contributed by atoms with Crippen LogP contribution in [0.25, 0.3) is 0 Å². The molecule has 1 heterocycles. The molecule has 0 saturated carbocycles. The van der Waals surface area contributed by atoms with Gasteiger partial charge in [0.15, 0.2) is 0 Å². The summed E-state index contributed by atoms with van der Waals surface area (Å²) in [6, 6.07) is 0. The van der Waals surface area contributed by atoms with Crippen molar-refractivity contribution in [2.45, 2.75) is 39.2 Å². The lowest BCUT2D eigenvalue weighted by Crippen LogP contribution is -2.34. The number of aromatic nitrogens is 3. The maximum atomic E-state index is 5.87.